The van der Waals surface area contributed by atoms with Gasteiger partial charge in [0.05, 0.1) is 45.6 Å². The van der Waals surface area contributed by atoms with Crippen LogP contribution in [-0.2, 0) is 32.5 Å². The predicted molar refractivity (Wildman–Crippen MR) is 399 cm³/mol. The van der Waals surface area contributed by atoms with Crippen molar-refractivity contribution in [1.29, 1.82) is 0 Å². The van der Waals surface area contributed by atoms with Crippen molar-refractivity contribution < 1.29 is 28.5 Å². The summed E-state index contributed by atoms with van der Waals surface area (Å²) in [5.41, 5.74) is 13.2. The van der Waals surface area contributed by atoms with Crippen molar-refractivity contribution in [1.82, 2.24) is 9.13 Å². The fourth-order valence-corrected chi connectivity index (χ4v) is 15.2. The molecule has 0 aliphatic heterocycles. The molecule has 2 aromatic heterocycles. The molecular formula is C87H108F2N2O4. The van der Waals surface area contributed by atoms with Crippen LogP contribution in [0, 0.1) is 36.3 Å². The van der Waals surface area contributed by atoms with Crippen LogP contribution in [0.1, 0.15) is 230 Å². The summed E-state index contributed by atoms with van der Waals surface area (Å²) < 4.78 is 51.6. The molecule has 6 nitrogen and oxygen atoms in total. The van der Waals surface area contributed by atoms with Crippen LogP contribution in [0.15, 0.2) is 121 Å². The molecule has 0 bridgehead atoms. The molecule has 0 unspecified atom stereocenters. The normalized spacial score (nSPS) is 14.0. The van der Waals surface area contributed by atoms with E-state index < -0.39 is 34.7 Å². The number of aromatic hydroxyl groups is 2. The summed E-state index contributed by atoms with van der Waals surface area (Å²) in [4.78, 5) is 0. The molecule has 504 valence electrons. The second-order valence-corrected chi connectivity index (χ2v) is 35.9. The van der Waals surface area contributed by atoms with Gasteiger partial charge in [-0.15, -0.1) is 0 Å². The van der Waals surface area contributed by atoms with E-state index in [9.17, 15) is 10.2 Å². The first-order chi connectivity index (χ1) is 43.6. The molecule has 0 fully saturated rings. The van der Waals surface area contributed by atoms with Gasteiger partial charge < -0.3 is 28.8 Å². The van der Waals surface area contributed by atoms with Crippen LogP contribution in [0.5, 0.6) is 23.0 Å². The highest BCUT2D eigenvalue weighted by Crippen LogP contribution is 2.52. The number of aromatic nitrogens is 2. The number of hydrogen-bond acceptors (Lipinski definition) is 4. The van der Waals surface area contributed by atoms with E-state index in [-0.39, 0.29) is 44.0 Å². The topological polar surface area (TPSA) is 68.8 Å². The molecule has 2 atom stereocenters. The maximum Gasteiger partial charge on any atom is 0.147 e. The molecule has 0 aliphatic rings. The Bertz CT molecular complexity index is 4180. The molecular weight excluding hydrogens is 1170 g/mol. The Morgan fingerprint density at radius 2 is 0.632 bits per heavy atom. The Hall–Kier alpha value is -7.58. The first-order valence-electron chi connectivity index (χ1n) is 34.5. The molecule has 10 rings (SSSR count). The molecule has 0 radical (unpaired) electrons. The van der Waals surface area contributed by atoms with Crippen LogP contribution in [0.3, 0.4) is 0 Å². The zero-order valence-corrected chi connectivity index (χ0v) is 62.2. The van der Waals surface area contributed by atoms with Gasteiger partial charge in [0.15, 0.2) is 0 Å². The number of aryl methyl sites for hydroxylation is 2. The first-order valence-corrected chi connectivity index (χ1v) is 34.5. The molecule has 0 amide bonds. The Morgan fingerprint density at radius 3 is 0.884 bits per heavy atom. The SMILES string of the molecule is Cc1cc(F)cc(-c2cc(C(C)(C)CC(C)(C)C)cc(-n3c4cc(C(C)(C)C)ccc4c4ccc(C(C)(C)C)cc43)c2O)c1O[C@H](C)C[C@@H](C)Oc1c(C)cc(F)cc1-c1cc(C(C)(C)CC(C)(C)C)cc(-n2c3cc(C(C)(C)C)ccc3c3ccc(C(C)(C)C)cc32)c1O. The zero-order chi connectivity index (χ0) is 70.2. The molecule has 2 N–H and O–H groups in total. The lowest BCUT2D eigenvalue weighted by atomic mass is 9.71. The molecule has 8 aromatic carbocycles. The maximum absolute atomic E-state index is 16.5. The largest absolute Gasteiger partial charge is 0.505 e. The number of halogens is 2. The van der Waals surface area contributed by atoms with Crippen molar-refractivity contribution >= 4 is 43.6 Å². The standard InChI is InChI=1S/C87H108F2N2O4/c1-50-35-60(88)46-68(66-38-58(86(23,24)48-80(5,6)7)44-74(76(66)92)90-70-40-54(82(11,12)13)27-31-62(70)63-32-28-55(41-71(63)90)83(14,15)16)78(50)94-52(3)37-53(4)95-79-51(2)36-61(89)47-69(79)67-39-59(87(25,26)49-81(8,9)10)45-75(77(67)93)91-72-42-56(84(17,18)19)29-33-64(72)65-34-30-57(43-73(65)91)85(20,21)22/h27-36,38-47,52-53,92-93H,37,48-49H2,1-26H3/t52-,53-/m1/s1. The van der Waals surface area contributed by atoms with Crippen molar-refractivity contribution in [3.05, 3.63) is 177 Å². The van der Waals surface area contributed by atoms with Gasteiger partial charge >= 0.3 is 0 Å². The average molecular weight is 1280 g/mol. The maximum atomic E-state index is 16.5. The van der Waals surface area contributed by atoms with E-state index in [1.54, 1.807) is 0 Å². The summed E-state index contributed by atoms with van der Waals surface area (Å²) >= 11 is 0. The molecule has 10 aromatic rings. The van der Waals surface area contributed by atoms with E-state index in [0.717, 1.165) is 67.6 Å². The van der Waals surface area contributed by atoms with Crippen molar-refractivity contribution in [3.8, 4) is 56.6 Å². The van der Waals surface area contributed by atoms with E-state index in [0.29, 0.717) is 62.7 Å². The Balaban J connectivity index is 1.10. The summed E-state index contributed by atoms with van der Waals surface area (Å²) in [6.07, 6.45) is 0.981. The summed E-state index contributed by atoms with van der Waals surface area (Å²) in [6, 6.07) is 41.2. The van der Waals surface area contributed by atoms with Gasteiger partial charge in [0, 0.05) is 50.2 Å². The minimum Gasteiger partial charge on any atom is -0.505 e. The monoisotopic (exact) mass is 1280 g/mol. The molecule has 0 aliphatic carbocycles. The summed E-state index contributed by atoms with van der Waals surface area (Å²) in [6.45, 7) is 56.9. The third-order valence-corrected chi connectivity index (χ3v) is 19.5. The van der Waals surface area contributed by atoms with E-state index >= 15 is 8.78 Å². The van der Waals surface area contributed by atoms with Crippen LogP contribution in [0.4, 0.5) is 8.78 Å². The lowest BCUT2D eigenvalue weighted by Gasteiger charge is -2.34. The molecule has 8 heteroatoms. The van der Waals surface area contributed by atoms with Gasteiger partial charge in [0.2, 0.25) is 0 Å². The van der Waals surface area contributed by atoms with Crippen molar-refractivity contribution in [2.24, 2.45) is 10.8 Å². The van der Waals surface area contributed by atoms with Gasteiger partial charge in [-0.2, -0.15) is 0 Å². The van der Waals surface area contributed by atoms with Gasteiger partial charge in [-0.1, -0.05) is 201 Å². The zero-order valence-electron chi connectivity index (χ0n) is 62.2. The number of ether oxygens (including phenoxy) is 2. The number of hydrogen-bond donors (Lipinski definition) is 2. The number of nitrogens with zero attached hydrogens (tertiary/aromatic N) is 2. The second kappa shape index (κ2) is 24.2. The van der Waals surface area contributed by atoms with E-state index in [2.05, 4.69) is 246 Å². The Morgan fingerprint density at radius 1 is 0.358 bits per heavy atom. The van der Waals surface area contributed by atoms with Gasteiger partial charge in [0.1, 0.15) is 34.6 Å². The number of rotatable bonds is 14. The number of benzene rings is 8. The first kappa shape index (κ1) is 70.2. The fraction of sp³-hybridized carbons (Fsp3) is 0.448. The number of fused-ring (bicyclic) bond motifs is 6. The van der Waals surface area contributed by atoms with Crippen LogP contribution >= 0.6 is 0 Å². The van der Waals surface area contributed by atoms with Gasteiger partial charge in [-0.05, 0) is 201 Å². The third kappa shape index (κ3) is 14.2. The van der Waals surface area contributed by atoms with Gasteiger partial charge in [0.25, 0.3) is 0 Å². The third-order valence-electron chi connectivity index (χ3n) is 19.5. The highest BCUT2D eigenvalue weighted by atomic mass is 19.1. The second-order valence-electron chi connectivity index (χ2n) is 35.9. The van der Waals surface area contributed by atoms with Crippen molar-refractivity contribution in [2.75, 3.05) is 0 Å². The fourth-order valence-electron chi connectivity index (χ4n) is 15.2. The molecule has 0 saturated heterocycles. The van der Waals surface area contributed by atoms with Crippen molar-refractivity contribution in [2.45, 2.75) is 244 Å². The lowest BCUT2D eigenvalue weighted by molar-refractivity contribution is 0.130. The van der Waals surface area contributed by atoms with Crippen LogP contribution < -0.4 is 9.47 Å². The number of phenols is 2. The highest BCUT2D eigenvalue weighted by molar-refractivity contribution is 6.11. The van der Waals surface area contributed by atoms with Gasteiger partial charge in [-0.3, -0.25) is 0 Å². The molecule has 0 spiro atoms. The Kier molecular flexibility index (Phi) is 17.9. The number of phenolic OH excluding ortho intramolecular Hbond substituents is 2. The minimum absolute atomic E-state index is 0.0136. The highest BCUT2D eigenvalue weighted by Gasteiger charge is 2.35. The molecule has 95 heavy (non-hydrogen) atoms. The van der Waals surface area contributed by atoms with Gasteiger partial charge in [-0.25, -0.2) is 8.78 Å². The Labute approximate surface area is 567 Å². The lowest BCUT2D eigenvalue weighted by Crippen LogP contribution is -2.25. The summed E-state index contributed by atoms with van der Waals surface area (Å²) in [5.74, 6) is 0.0282. The quantitative estimate of drug-likeness (QED) is 0.114. The van der Waals surface area contributed by atoms with Crippen LogP contribution in [0.2, 0.25) is 0 Å². The average Bonchev–Trinajstić information content (AvgIpc) is 1.62. The van der Waals surface area contributed by atoms with Crippen molar-refractivity contribution in [3.63, 3.8) is 0 Å². The minimum atomic E-state index is -0.518. The van der Waals surface area contributed by atoms with Crippen LogP contribution in [-0.4, -0.2) is 31.6 Å². The predicted octanol–water partition coefficient (Wildman–Crippen LogP) is 24.8. The summed E-state index contributed by atoms with van der Waals surface area (Å²) in [7, 11) is 0. The van der Waals surface area contributed by atoms with E-state index in [4.69, 9.17) is 9.47 Å². The molecule has 2 heterocycles. The summed E-state index contributed by atoms with van der Waals surface area (Å²) in [5, 5.41) is 31.0. The van der Waals surface area contributed by atoms with E-state index in [1.807, 2.05) is 39.8 Å². The van der Waals surface area contributed by atoms with E-state index in [1.165, 1.54) is 46.5 Å². The molecule has 0 saturated carbocycles. The van der Waals surface area contributed by atoms with Crippen LogP contribution in [0.25, 0.3) is 77.2 Å². The smallest absolute Gasteiger partial charge is 0.147 e.